The van der Waals surface area contributed by atoms with Gasteiger partial charge in [0.15, 0.2) is 24.0 Å². The maximum absolute atomic E-state index is 14.0. The molecule has 0 spiro atoms. The van der Waals surface area contributed by atoms with Crippen LogP contribution in [0.5, 0.6) is 5.75 Å². The molecular weight excluding hydrogens is 578 g/mol. The number of benzene rings is 1. The summed E-state index contributed by atoms with van der Waals surface area (Å²) in [6, 6.07) is 1.95. The number of primary amides is 1. The van der Waals surface area contributed by atoms with Crippen LogP contribution in [0, 0.1) is 11.8 Å². The number of aliphatic hydroxyl groups is 3. The molecule has 1 saturated carbocycles. The van der Waals surface area contributed by atoms with Gasteiger partial charge in [-0.2, -0.15) is 0 Å². The number of ether oxygens (including phenoxy) is 4. The van der Waals surface area contributed by atoms with Gasteiger partial charge in [0.2, 0.25) is 5.78 Å². The fourth-order valence-corrected chi connectivity index (χ4v) is 6.81. The number of aromatic hydroxyl groups is 1. The quantitative estimate of drug-likeness (QED) is 0.155. The molecule has 3 aliphatic rings. The predicted molar refractivity (Wildman–Crippen MR) is 155 cm³/mol. The Morgan fingerprint density at radius 1 is 1.02 bits per heavy atom. The van der Waals surface area contributed by atoms with Crippen molar-refractivity contribution in [3.05, 3.63) is 45.7 Å². The van der Waals surface area contributed by atoms with E-state index in [4.69, 9.17) is 24.7 Å². The Morgan fingerprint density at radius 3 is 2.09 bits per heavy atom. The fourth-order valence-electron chi connectivity index (χ4n) is 6.81. The molecule has 4 rings (SSSR count). The van der Waals surface area contributed by atoms with E-state index in [-0.39, 0.29) is 36.3 Å². The Hall–Kier alpha value is -3.37. The lowest BCUT2D eigenvalue weighted by Gasteiger charge is -2.50. The average Bonchev–Trinajstić information content (AvgIpc) is 2.97. The van der Waals surface area contributed by atoms with Crippen molar-refractivity contribution in [3.8, 4) is 5.75 Å². The molecule has 0 radical (unpaired) electrons. The first-order valence-corrected chi connectivity index (χ1v) is 14.1. The number of hydrogen-bond acceptors (Lipinski definition) is 13. The molecule has 4 atom stereocenters. The van der Waals surface area contributed by atoms with Crippen molar-refractivity contribution >= 4 is 23.2 Å². The topological polar surface area (TPSA) is 202 Å². The van der Waals surface area contributed by atoms with Gasteiger partial charge in [0.05, 0.1) is 24.7 Å². The first-order valence-electron chi connectivity index (χ1n) is 14.1. The Kier molecular flexibility index (Phi) is 9.85. The summed E-state index contributed by atoms with van der Waals surface area (Å²) < 4.78 is 21.6. The van der Waals surface area contributed by atoms with Crippen molar-refractivity contribution in [3.63, 3.8) is 0 Å². The molecule has 44 heavy (non-hydrogen) atoms. The normalized spacial score (nSPS) is 25.3. The minimum Gasteiger partial charge on any atom is -0.508 e. The number of likely N-dealkylation sites (N-methyl/N-ethyl adjacent to an activating group) is 1. The molecule has 1 amide bonds. The smallest absolute Gasteiger partial charge is 0.255 e. The van der Waals surface area contributed by atoms with E-state index in [1.807, 2.05) is 4.90 Å². The van der Waals surface area contributed by atoms with E-state index >= 15 is 0 Å². The number of rotatable bonds is 12. The molecule has 1 aromatic carbocycles. The number of hydrogen-bond donors (Lipinski definition) is 5. The zero-order valence-corrected chi connectivity index (χ0v) is 25.7. The highest BCUT2D eigenvalue weighted by molar-refractivity contribution is 6.24. The molecule has 0 heterocycles. The van der Waals surface area contributed by atoms with Crippen LogP contribution in [0.25, 0.3) is 5.76 Å². The average molecular weight is 620 g/mol. The summed E-state index contributed by atoms with van der Waals surface area (Å²) in [7, 11) is 9.17. The molecule has 0 aromatic heterocycles. The number of phenols is 1. The number of ketones is 2. The summed E-state index contributed by atoms with van der Waals surface area (Å²) in [6.07, 6.45) is -0.996. The van der Waals surface area contributed by atoms with Crippen molar-refractivity contribution in [2.24, 2.45) is 17.6 Å². The minimum absolute atomic E-state index is 0.00454. The van der Waals surface area contributed by atoms with Crippen LogP contribution in [0.15, 0.2) is 29.0 Å². The van der Waals surface area contributed by atoms with Crippen LogP contribution in [-0.4, -0.2) is 128 Å². The van der Waals surface area contributed by atoms with E-state index in [0.29, 0.717) is 18.7 Å². The van der Waals surface area contributed by atoms with Gasteiger partial charge in [0.25, 0.3) is 5.91 Å². The van der Waals surface area contributed by atoms with E-state index in [9.17, 15) is 34.8 Å². The second kappa shape index (κ2) is 12.9. The molecule has 242 valence electrons. The van der Waals surface area contributed by atoms with Gasteiger partial charge in [-0.15, -0.1) is 0 Å². The van der Waals surface area contributed by atoms with E-state index in [2.05, 4.69) is 0 Å². The van der Waals surface area contributed by atoms with Crippen LogP contribution in [0.1, 0.15) is 23.1 Å². The van der Waals surface area contributed by atoms with Crippen molar-refractivity contribution in [2.75, 3.05) is 55.6 Å². The van der Waals surface area contributed by atoms with Gasteiger partial charge in [0.1, 0.15) is 22.8 Å². The summed E-state index contributed by atoms with van der Waals surface area (Å²) in [4.78, 5) is 43.0. The number of phenolic OH excluding ortho intramolecular Hbond substituents is 1. The van der Waals surface area contributed by atoms with Gasteiger partial charge in [0, 0.05) is 46.5 Å². The van der Waals surface area contributed by atoms with Crippen LogP contribution in [0.3, 0.4) is 0 Å². The first-order chi connectivity index (χ1) is 20.8. The van der Waals surface area contributed by atoms with E-state index in [1.165, 1.54) is 39.4 Å². The second-order valence-electron chi connectivity index (χ2n) is 11.6. The van der Waals surface area contributed by atoms with E-state index in [1.54, 1.807) is 20.2 Å². The number of fused-ring (bicyclic) bond motifs is 3. The van der Waals surface area contributed by atoms with Crippen molar-refractivity contribution in [1.82, 2.24) is 9.80 Å². The molecule has 14 heteroatoms. The summed E-state index contributed by atoms with van der Waals surface area (Å²) in [5.74, 6) is -6.97. The van der Waals surface area contributed by atoms with Gasteiger partial charge >= 0.3 is 0 Å². The van der Waals surface area contributed by atoms with Gasteiger partial charge in [-0.25, -0.2) is 0 Å². The highest BCUT2D eigenvalue weighted by Crippen LogP contribution is 2.53. The van der Waals surface area contributed by atoms with Crippen molar-refractivity contribution in [1.29, 1.82) is 0 Å². The zero-order chi connectivity index (χ0) is 32.7. The molecule has 1 aromatic rings. The Labute approximate surface area is 255 Å². The molecule has 3 aliphatic carbocycles. The molecule has 0 aliphatic heterocycles. The number of aliphatic hydroxyl groups excluding tert-OH is 2. The highest BCUT2D eigenvalue weighted by atomic mass is 16.7. The third-order valence-electron chi connectivity index (χ3n) is 8.96. The number of amides is 1. The SMILES string of the molecule is COC(CN(Cc1ccc(O)c2c1C[C@H]1C[C@H]3[C@@H](N(C)C)C(=O)C(C(N)=O)=C(O)[C@@]3(O)C(=O)C1=C2O)CC(OC)OC)OC. The van der Waals surface area contributed by atoms with Crippen LogP contribution in [0.2, 0.25) is 0 Å². The van der Waals surface area contributed by atoms with Crippen LogP contribution < -0.4 is 5.73 Å². The maximum atomic E-state index is 14.0. The van der Waals surface area contributed by atoms with E-state index in [0.717, 1.165) is 5.56 Å². The minimum atomic E-state index is -2.70. The molecule has 0 saturated heterocycles. The zero-order valence-electron chi connectivity index (χ0n) is 25.7. The predicted octanol–water partition coefficient (Wildman–Crippen LogP) is 0.00380. The fraction of sp³-hybridized carbons (Fsp3) is 0.567. The standard InChI is InChI=1S/C30H41N3O11/c1-32(2)24-17-10-15-9-16-14(11-33(12-19(41-3)42-4)13-20(43-5)44-6)7-8-18(34)22(16)25(35)21(15)27(37)30(17,40)28(38)23(26(24)36)29(31)39/h7-8,15,17,19-20,24,34-35,38,40H,9-13H2,1-6H3,(H2,31,39)/t15-,17-,24+,30-/m0/s1. The van der Waals surface area contributed by atoms with Crippen LogP contribution in [0.4, 0.5) is 0 Å². The highest BCUT2D eigenvalue weighted by Gasteiger charge is 2.64. The number of nitrogens with two attached hydrogens (primary N) is 1. The van der Waals surface area contributed by atoms with Gasteiger partial charge in [-0.1, -0.05) is 6.07 Å². The summed E-state index contributed by atoms with van der Waals surface area (Å²) in [6.45, 7) is 0.919. The Morgan fingerprint density at radius 2 is 1.59 bits per heavy atom. The monoisotopic (exact) mass is 619 g/mol. The van der Waals surface area contributed by atoms with Gasteiger partial charge in [-0.05, 0) is 50.0 Å². The van der Waals surface area contributed by atoms with Crippen LogP contribution in [-0.2, 0) is 46.3 Å². The van der Waals surface area contributed by atoms with Crippen LogP contribution >= 0.6 is 0 Å². The Bertz CT molecular complexity index is 1370. The van der Waals surface area contributed by atoms with Gasteiger partial charge in [-0.3, -0.25) is 24.2 Å². The summed E-state index contributed by atoms with van der Waals surface area (Å²) >= 11 is 0. The molecule has 14 nitrogen and oxygen atoms in total. The maximum Gasteiger partial charge on any atom is 0.255 e. The molecule has 0 bridgehead atoms. The lowest BCUT2D eigenvalue weighted by molar-refractivity contribution is -0.153. The Balaban J connectivity index is 1.83. The number of carbonyl (C=O) groups excluding carboxylic acids is 3. The number of nitrogens with zero attached hydrogens (tertiary/aromatic N) is 2. The summed E-state index contributed by atoms with van der Waals surface area (Å²) in [5, 5.41) is 45.2. The molecule has 1 fully saturated rings. The molecular formula is C30H41N3O11. The third-order valence-corrected chi connectivity index (χ3v) is 8.96. The van der Waals surface area contributed by atoms with Crippen molar-refractivity contribution in [2.45, 2.75) is 43.6 Å². The largest absolute Gasteiger partial charge is 0.508 e. The third kappa shape index (κ3) is 5.51. The van der Waals surface area contributed by atoms with E-state index < -0.39 is 70.6 Å². The first kappa shape index (κ1) is 33.5. The molecule has 0 unspecified atom stereocenters. The summed E-state index contributed by atoms with van der Waals surface area (Å²) in [5.41, 5.74) is 2.93. The number of methoxy groups -OCH3 is 4. The second-order valence-corrected chi connectivity index (χ2v) is 11.6. The lowest BCUT2D eigenvalue weighted by atomic mass is 9.57. The number of carbonyl (C=O) groups is 3. The number of Topliss-reactive ketones (excluding diaryl/α,β-unsaturated/α-hetero) is 2. The van der Waals surface area contributed by atoms with Gasteiger partial charge < -0.3 is 45.1 Å². The molecule has 6 N–H and O–H groups in total. The lowest BCUT2D eigenvalue weighted by Crippen LogP contribution is -2.65. The van der Waals surface area contributed by atoms with Crippen molar-refractivity contribution < 1.29 is 53.8 Å².